The first-order chi connectivity index (χ1) is 13.7. The van der Waals surface area contributed by atoms with Crippen molar-refractivity contribution >= 4 is 22.6 Å². The van der Waals surface area contributed by atoms with E-state index < -0.39 is 0 Å². The van der Waals surface area contributed by atoms with Crippen molar-refractivity contribution < 1.29 is 9.15 Å². The van der Waals surface area contributed by atoms with Gasteiger partial charge in [-0.2, -0.15) is 0 Å². The number of hydrogen-bond donors (Lipinski definition) is 0. The molecule has 0 unspecified atom stereocenters. The molecule has 0 aliphatic carbocycles. The summed E-state index contributed by atoms with van der Waals surface area (Å²) in [6, 6.07) is 26.8. The Morgan fingerprint density at radius 1 is 0.929 bits per heavy atom. The summed E-state index contributed by atoms with van der Waals surface area (Å²) in [7, 11) is 0. The van der Waals surface area contributed by atoms with Crippen molar-refractivity contribution in [3.63, 3.8) is 0 Å². The van der Waals surface area contributed by atoms with Crippen LogP contribution in [0.2, 0.25) is 0 Å². The summed E-state index contributed by atoms with van der Waals surface area (Å²) >= 11 is 0. The van der Waals surface area contributed by atoms with E-state index in [1.165, 1.54) is 6.07 Å². The SMILES string of the molecule is C/C(=C\c1ccccc1)c1cc(=O)c2c(OCc3ccccc3)cccc2o1. The zero-order valence-electron chi connectivity index (χ0n) is 15.6. The molecule has 138 valence electrons. The van der Waals surface area contributed by atoms with E-state index in [1.807, 2.05) is 79.7 Å². The maximum atomic E-state index is 12.8. The second-order valence-corrected chi connectivity index (χ2v) is 6.62. The van der Waals surface area contributed by atoms with E-state index in [2.05, 4.69) is 0 Å². The number of fused-ring (bicyclic) bond motifs is 1. The molecule has 0 aliphatic heterocycles. The monoisotopic (exact) mass is 368 g/mol. The largest absolute Gasteiger partial charge is 0.488 e. The number of hydrogen-bond acceptors (Lipinski definition) is 3. The first kappa shape index (κ1) is 17.8. The fourth-order valence-electron chi connectivity index (χ4n) is 3.10. The molecule has 0 radical (unpaired) electrons. The Kier molecular flexibility index (Phi) is 5.07. The minimum atomic E-state index is -0.110. The van der Waals surface area contributed by atoms with Gasteiger partial charge in [-0.15, -0.1) is 0 Å². The zero-order valence-corrected chi connectivity index (χ0v) is 15.6. The molecule has 0 saturated heterocycles. The van der Waals surface area contributed by atoms with Crippen molar-refractivity contribution in [2.75, 3.05) is 0 Å². The van der Waals surface area contributed by atoms with Crippen LogP contribution in [0.25, 0.3) is 22.6 Å². The van der Waals surface area contributed by atoms with Gasteiger partial charge in [-0.05, 0) is 41.8 Å². The molecule has 1 aromatic heterocycles. The van der Waals surface area contributed by atoms with Crippen LogP contribution in [-0.4, -0.2) is 0 Å². The van der Waals surface area contributed by atoms with E-state index in [9.17, 15) is 4.79 Å². The third-order valence-electron chi connectivity index (χ3n) is 4.53. The van der Waals surface area contributed by atoms with Gasteiger partial charge in [0.2, 0.25) is 0 Å². The van der Waals surface area contributed by atoms with Crippen molar-refractivity contribution in [2.24, 2.45) is 0 Å². The molecule has 4 rings (SSSR count). The lowest BCUT2D eigenvalue weighted by atomic mass is 10.1. The highest BCUT2D eigenvalue weighted by molar-refractivity contribution is 5.86. The molecule has 28 heavy (non-hydrogen) atoms. The Balaban J connectivity index is 1.68. The molecule has 0 spiro atoms. The molecule has 0 saturated carbocycles. The van der Waals surface area contributed by atoms with Gasteiger partial charge in [0.05, 0.1) is 0 Å². The average Bonchev–Trinajstić information content (AvgIpc) is 2.73. The second kappa shape index (κ2) is 7.97. The maximum absolute atomic E-state index is 12.8. The minimum Gasteiger partial charge on any atom is -0.488 e. The molecule has 0 N–H and O–H groups in total. The molecule has 0 bridgehead atoms. The predicted molar refractivity (Wildman–Crippen MR) is 113 cm³/mol. The van der Waals surface area contributed by atoms with Crippen LogP contribution < -0.4 is 10.2 Å². The molecule has 0 amide bonds. The number of benzene rings is 3. The smallest absolute Gasteiger partial charge is 0.197 e. The summed E-state index contributed by atoms with van der Waals surface area (Å²) in [6.07, 6.45) is 2.00. The quantitative estimate of drug-likeness (QED) is 0.438. The van der Waals surface area contributed by atoms with Gasteiger partial charge in [0.15, 0.2) is 5.43 Å². The summed E-state index contributed by atoms with van der Waals surface area (Å²) in [5, 5.41) is 0.467. The van der Waals surface area contributed by atoms with Gasteiger partial charge >= 0.3 is 0 Å². The maximum Gasteiger partial charge on any atom is 0.197 e. The summed E-state index contributed by atoms with van der Waals surface area (Å²) in [4.78, 5) is 12.8. The fraction of sp³-hybridized carbons (Fsp3) is 0.0800. The molecule has 3 nitrogen and oxygen atoms in total. The Morgan fingerprint density at radius 2 is 1.64 bits per heavy atom. The van der Waals surface area contributed by atoms with E-state index in [0.717, 1.165) is 16.7 Å². The molecule has 3 heteroatoms. The standard InChI is InChI=1S/C25H20O3/c1-18(15-19-9-4-2-5-10-19)24-16-21(26)25-22(13-8-14-23(25)28-24)27-17-20-11-6-3-7-12-20/h2-16H,17H2,1H3/b18-15+. The highest BCUT2D eigenvalue weighted by Crippen LogP contribution is 2.26. The van der Waals surface area contributed by atoms with Gasteiger partial charge in [0.1, 0.15) is 29.1 Å². The fourth-order valence-corrected chi connectivity index (χ4v) is 3.10. The van der Waals surface area contributed by atoms with Crippen LogP contribution in [0.1, 0.15) is 23.8 Å². The van der Waals surface area contributed by atoms with Gasteiger partial charge in [-0.1, -0.05) is 66.7 Å². The van der Waals surface area contributed by atoms with Crippen molar-refractivity contribution in [3.8, 4) is 5.75 Å². The van der Waals surface area contributed by atoms with E-state index in [-0.39, 0.29) is 5.43 Å². The summed E-state index contributed by atoms with van der Waals surface area (Å²) in [5.74, 6) is 1.09. The van der Waals surface area contributed by atoms with Crippen molar-refractivity contribution in [1.82, 2.24) is 0 Å². The third-order valence-corrected chi connectivity index (χ3v) is 4.53. The van der Waals surface area contributed by atoms with Crippen LogP contribution in [0.15, 0.2) is 94.1 Å². The predicted octanol–water partition coefficient (Wildman–Crippen LogP) is 5.93. The van der Waals surface area contributed by atoms with Crippen LogP contribution in [0, 0.1) is 0 Å². The summed E-state index contributed by atoms with van der Waals surface area (Å²) < 4.78 is 11.9. The topological polar surface area (TPSA) is 39.4 Å². The Morgan fingerprint density at radius 3 is 2.39 bits per heavy atom. The average molecular weight is 368 g/mol. The van der Waals surface area contributed by atoms with E-state index in [4.69, 9.17) is 9.15 Å². The first-order valence-corrected chi connectivity index (χ1v) is 9.18. The van der Waals surface area contributed by atoms with Crippen molar-refractivity contribution in [1.29, 1.82) is 0 Å². The van der Waals surface area contributed by atoms with Crippen LogP contribution in [0.5, 0.6) is 5.75 Å². The molecular weight excluding hydrogens is 348 g/mol. The van der Waals surface area contributed by atoms with Crippen molar-refractivity contribution in [3.05, 3.63) is 112 Å². The third kappa shape index (κ3) is 3.89. The van der Waals surface area contributed by atoms with Gasteiger partial charge in [-0.25, -0.2) is 0 Å². The molecule has 0 fully saturated rings. The molecule has 0 aliphatic rings. The van der Waals surface area contributed by atoms with Gasteiger partial charge < -0.3 is 9.15 Å². The Bertz CT molecular complexity index is 1170. The number of allylic oxidation sites excluding steroid dienone is 1. The zero-order chi connectivity index (χ0) is 19.3. The van der Waals surface area contributed by atoms with E-state index in [1.54, 1.807) is 12.1 Å². The van der Waals surface area contributed by atoms with Crippen LogP contribution in [0.4, 0.5) is 0 Å². The molecule has 4 aromatic rings. The van der Waals surface area contributed by atoms with Crippen molar-refractivity contribution in [2.45, 2.75) is 13.5 Å². The highest BCUT2D eigenvalue weighted by Gasteiger charge is 2.11. The summed E-state index contributed by atoms with van der Waals surface area (Å²) in [6.45, 7) is 2.33. The first-order valence-electron chi connectivity index (χ1n) is 9.18. The van der Waals surface area contributed by atoms with Gasteiger partial charge in [0.25, 0.3) is 0 Å². The van der Waals surface area contributed by atoms with E-state index in [0.29, 0.717) is 29.1 Å². The molecular formula is C25H20O3. The lowest BCUT2D eigenvalue weighted by Gasteiger charge is -2.10. The number of ether oxygens (including phenoxy) is 1. The lowest BCUT2D eigenvalue weighted by Crippen LogP contribution is -2.05. The van der Waals surface area contributed by atoms with E-state index >= 15 is 0 Å². The normalized spacial score (nSPS) is 11.5. The molecule has 3 aromatic carbocycles. The number of rotatable bonds is 5. The molecule has 0 atom stereocenters. The minimum absolute atomic E-state index is 0.110. The van der Waals surface area contributed by atoms with Crippen LogP contribution in [0.3, 0.4) is 0 Å². The Labute approximate surface area is 163 Å². The second-order valence-electron chi connectivity index (χ2n) is 6.62. The Hall–Kier alpha value is -3.59. The van der Waals surface area contributed by atoms with Gasteiger partial charge in [-0.3, -0.25) is 4.79 Å². The van der Waals surface area contributed by atoms with Crippen LogP contribution >= 0.6 is 0 Å². The lowest BCUT2D eigenvalue weighted by molar-refractivity contribution is 0.309. The van der Waals surface area contributed by atoms with Crippen LogP contribution in [-0.2, 0) is 6.61 Å². The molecule has 1 heterocycles. The highest BCUT2D eigenvalue weighted by atomic mass is 16.5. The van der Waals surface area contributed by atoms with Gasteiger partial charge in [0, 0.05) is 6.07 Å². The summed E-state index contributed by atoms with van der Waals surface area (Å²) in [5.41, 5.74) is 3.40.